The van der Waals surface area contributed by atoms with Crippen molar-refractivity contribution in [2.45, 2.75) is 12.6 Å². The average Bonchev–Trinajstić information content (AvgIpc) is 2.83. The molecule has 0 spiro atoms. The first-order valence-corrected chi connectivity index (χ1v) is 7.29. The first-order chi connectivity index (χ1) is 9.70. The molecule has 1 unspecified atom stereocenters. The van der Waals surface area contributed by atoms with E-state index in [2.05, 4.69) is 16.9 Å². The Balaban J connectivity index is 0.00000161. The third-order valence-corrected chi connectivity index (χ3v) is 3.89. The van der Waals surface area contributed by atoms with Crippen molar-refractivity contribution >= 4 is 28.9 Å². The molecule has 1 atom stereocenters. The molecule has 0 radical (unpaired) electrons. The number of nitrogens with two attached hydrogens (primary N) is 1. The highest BCUT2D eigenvalue weighted by atomic mass is 35.5. The number of likely N-dealkylation sites (N-methyl/N-ethyl adjacent to an activating group) is 1. The summed E-state index contributed by atoms with van der Waals surface area (Å²) in [5.41, 5.74) is 5.64. The molecule has 2 aromatic rings. The normalized spacial score (nSPS) is 16.6. The number of halogens is 1. The van der Waals surface area contributed by atoms with Crippen LogP contribution in [0.25, 0.3) is 0 Å². The van der Waals surface area contributed by atoms with E-state index in [4.69, 9.17) is 15.2 Å². The summed E-state index contributed by atoms with van der Waals surface area (Å²) in [5, 5.41) is 0.611. The van der Waals surface area contributed by atoms with E-state index in [-0.39, 0.29) is 18.5 Å². The minimum atomic E-state index is 0. The van der Waals surface area contributed by atoms with Gasteiger partial charge in [0.25, 0.3) is 0 Å². The zero-order chi connectivity index (χ0) is 13.9. The fraction of sp³-hybridized carbons (Fsp3) is 0.357. The summed E-state index contributed by atoms with van der Waals surface area (Å²) in [4.78, 5) is 7.40. The smallest absolute Gasteiger partial charge is 0.180 e. The van der Waals surface area contributed by atoms with Crippen molar-refractivity contribution in [3.8, 4) is 11.5 Å². The first-order valence-electron chi connectivity index (χ1n) is 6.48. The SMILES string of the molecule is CN(Cc1cnc(N)s1)CC1COc2ccccc2O1.Cl. The molecule has 0 saturated carbocycles. The van der Waals surface area contributed by atoms with Gasteiger partial charge < -0.3 is 15.2 Å². The van der Waals surface area contributed by atoms with E-state index in [1.54, 1.807) is 0 Å². The number of hydrogen-bond acceptors (Lipinski definition) is 6. The number of anilines is 1. The summed E-state index contributed by atoms with van der Waals surface area (Å²) < 4.78 is 11.7. The van der Waals surface area contributed by atoms with Gasteiger partial charge in [0.1, 0.15) is 12.7 Å². The van der Waals surface area contributed by atoms with Crippen molar-refractivity contribution in [2.24, 2.45) is 0 Å². The lowest BCUT2D eigenvalue weighted by Crippen LogP contribution is -2.39. The maximum absolute atomic E-state index is 5.94. The minimum absolute atomic E-state index is 0. The van der Waals surface area contributed by atoms with Gasteiger partial charge in [-0.05, 0) is 19.2 Å². The molecule has 0 saturated heterocycles. The Kier molecular flexibility index (Phi) is 5.27. The largest absolute Gasteiger partial charge is 0.486 e. The molecule has 1 aromatic heterocycles. The summed E-state index contributed by atoms with van der Waals surface area (Å²) in [6.07, 6.45) is 1.87. The van der Waals surface area contributed by atoms with Crippen LogP contribution < -0.4 is 15.2 Å². The van der Waals surface area contributed by atoms with Crippen LogP contribution in [0.1, 0.15) is 4.88 Å². The zero-order valence-electron chi connectivity index (χ0n) is 11.7. The third-order valence-electron chi connectivity index (χ3n) is 3.08. The molecule has 2 heterocycles. The van der Waals surface area contributed by atoms with Gasteiger partial charge in [-0.3, -0.25) is 4.90 Å². The lowest BCUT2D eigenvalue weighted by atomic mass is 10.2. The highest BCUT2D eigenvalue weighted by molar-refractivity contribution is 7.15. The number of thiazole rings is 1. The Labute approximate surface area is 134 Å². The molecule has 0 amide bonds. The third kappa shape index (κ3) is 4.00. The van der Waals surface area contributed by atoms with E-state index in [9.17, 15) is 0 Å². The minimum Gasteiger partial charge on any atom is -0.486 e. The average molecular weight is 328 g/mol. The number of nitrogens with zero attached hydrogens (tertiary/aromatic N) is 2. The standard InChI is InChI=1S/C14H17N3O2S.ClH/c1-17(8-11-6-16-14(15)20-11)7-10-9-18-12-4-2-3-5-13(12)19-10;/h2-6,10H,7-9H2,1H3,(H2,15,16);1H. The summed E-state index contributed by atoms with van der Waals surface area (Å²) in [7, 11) is 2.06. The lowest BCUT2D eigenvalue weighted by Gasteiger charge is -2.29. The number of hydrogen-bond donors (Lipinski definition) is 1. The monoisotopic (exact) mass is 327 g/mol. The topological polar surface area (TPSA) is 60.6 Å². The molecule has 7 heteroatoms. The maximum atomic E-state index is 5.94. The fourth-order valence-electron chi connectivity index (χ4n) is 2.23. The predicted octanol–water partition coefficient (Wildman–Crippen LogP) is 2.42. The predicted molar refractivity (Wildman–Crippen MR) is 86.5 cm³/mol. The van der Waals surface area contributed by atoms with E-state index in [1.807, 2.05) is 30.5 Å². The van der Waals surface area contributed by atoms with Crippen LogP contribution in [0.3, 0.4) is 0 Å². The van der Waals surface area contributed by atoms with Crippen LogP contribution in [0, 0.1) is 0 Å². The van der Waals surface area contributed by atoms with E-state index < -0.39 is 0 Å². The van der Waals surface area contributed by atoms with E-state index in [1.165, 1.54) is 11.3 Å². The van der Waals surface area contributed by atoms with Gasteiger partial charge in [0, 0.05) is 24.2 Å². The Morgan fingerprint density at radius 3 is 2.86 bits per heavy atom. The summed E-state index contributed by atoms with van der Waals surface area (Å²) >= 11 is 1.52. The molecular weight excluding hydrogens is 310 g/mol. The van der Waals surface area contributed by atoms with Gasteiger partial charge in [-0.1, -0.05) is 12.1 Å². The number of nitrogen functional groups attached to an aromatic ring is 1. The second-order valence-electron chi connectivity index (χ2n) is 4.86. The van der Waals surface area contributed by atoms with Crippen LogP contribution >= 0.6 is 23.7 Å². The van der Waals surface area contributed by atoms with Gasteiger partial charge >= 0.3 is 0 Å². The molecule has 1 aliphatic heterocycles. The number of fused-ring (bicyclic) bond motifs is 1. The molecular formula is C14H18ClN3O2S. The van der Waals surface area contributed by atoms with Gasteiger partial charge in [0.05, 0.1) is 0 Å². The van der Waals surface area contributed by atoms with Gasteiger partial charge in [-0.25, -0.2) is 4.98 Å². The van der Waals surface area contributed by atoms with Crippen LogP contribution in [-0.2, 0) is 6.54 Å². The molecule has 0 bridgehead atoms. The molecule has 21 heavy (non-hydrogen) atoms. The van der Waals surface area contributed by atoms with Crippen molar-refractivity contribution in [3.63, 3.8) is 0 Å². The summed E-state index contributed by atoms with van der Waals surface area (Å²) in [5.74, 6) is 1.64. The number of aromatic nitrogens is 1. The summed E-state index contributed by atoms with van der Waals surface area (Å²) in [6.45, 7) is 2.19. The molecule has 2 N–H and O–H groups in total. The van der Waals surface area contributed by atoms with Crippen LogP contribution in [0.15, 0.2) is 30.5 Å². The maximum Gasteiger partial charge on any atom is 0.180 e. The van der Waals surface area contributed by atoms with Gasteiger partial charge in [-0.2, -0.15) is 0 Å². The molecule has 1 aromatic carbocycles. The molecule has 114 valence electrons. The second kappa shape index (κ2) is 6.98. The van der Waals surface area contributed by atoms with Crippen molar-refractivity contribution in [2.75, 3.05) is 25.9 Å². The van der Waals surface area contributed by atoms with Crippen molar-refractivity contribution in [3.05, 3.63) is 35.3 Å². The van der Waals surface area contributed by atoms with Crippen molar-refractivity contribution in [1.82, 2.24) is 9.88 Å². The quantitative estimate of drug-likeness (QED) is 0.934. The number of benzene rings is 1. The number of para-hydroxylation sites is 2. The van der Waals surface area contributed by atoms with Gasteiger partial charge in [-0.15, -0.1) is 23.7 Å². The van der Waals surface area contributed by atoms with Crippen LogP contribution in [0.2, 0.25) is 0 Å². The Bertz CT molecular complexity index is 593. The highest BCUT2D eigenvalue weighted by Gasteiger charge is 2.22. The van der Waals surface area contributed by atoms with E-state index in [0.717, 1.165) is 29.5 Å². The molecule has 1 aliphatic rings. The number of ether oxygens (including phenoxy) is 2. The lowest BCUT2D eigenvalue weighted by molar-refractivity contribution is 0.0640. The second-order valence-corrected chi connectivity index (χ2v) is 6.01. The molecule has 3 rings (SSSR count). The van der Waals surface area contributed by atoms with E-state index in [0.29, 0.717) is 11.7 Å². The van der Waals surface area contributed by atoms with E-state index >= 15 is 0 Å². The summed E-state index contributed by atoms with van der Waals surface area (Å²) in [6, 6.07) is 7.76. The fourth-order valence-corrected chi connectivity index (χ4v) is 2.99. The van der Waals surface area contributed by atoms with Crippen LogP contribution in [-0.4, -0.2) is 36.2 Å². The van der Waals surface area contributed by atoms with Crippen LogP contribution in [0.4, 0.5) is 5.13 Å². The van der Waals surface area contributed by atoms with Crippen molar-refractivity contribution < 1.29 is 9.47 Å². The highest BCUT2D eigenvalue weighted by Crippen LogP contribution is 2.31. The van der Waals surface area contributed by atoms with Gasteiger partial charge in [0.2, 0.25) is 0 Å². The van der Waals surface area contributed by atoms with Gasteiger partial charge in [0.15, 0.2) is 16.6 Å². The van der Waals surface area contributed by atoms with Crippen LogP contribution in [0.5, 0.6) is 11.5 Å². The Morgan fingerprint density at radius 2 is 2.14 bits per heavy atom. The Morgan fingerprint density at radius 1 is 1.38 bits per heavy atom. The Hall–Kier alpha value is -1.50. The zero-order valence-corrected chi connectivity index (χ0v) is 13.3. The molecule has 0 aliphatic carbocycles. The van der Waals surface area contributed by atoms with Crippen molar-refractivity contribution in [1.29, 1.82) is 0 Å². The molecule has 0 fully saturated rings. The number of rotatable bonds is 4. The molecule has 5 nitrogen and oxygen atoms in total. The first kappa shape index (κ1) is 15.9.